The third-order valence-corrected chi connectivity index (χ3v) is 5.99. The number of rotatable bonds is 8. The lowest BCUT2D eigenvalue weighted by Crippen LogP contribution is -2.19. The van der Waals surface area contributed by atoms with E-state index in [1.165, 1.54) is 30.4 Å². The summed E-state index contributed by atoms with van der Waals surface area (Å²) in [4.78, 5) is 4.29. The van der Waals surface area contributed by atoms with Crippen LogP contribution < -0.4 is 5.32 Å². The molecule has 1 aromatic carbocycles. The molecule has 3 aromatic heterocycles. The second-order valence-corrected chi connectivity index (χ2v) is 8.35. The van der Waals surface area contributed by atoms with E-state index in [4.69, 9.17) is 5.10 Å². The zero-order chi connectivity index (χ0) is 21.6. The smallest absolute Gasteiger partial charge is 0.134 e. The van der Waals surface area contributed by atoms with E-state index < -0.39 is 0 Å². The molecule has 0 radical (unpaired) electrons. The van der Waals surface area contributed by atoms with Gasteiger partial charge in [-0.2, -0.15) is 5.10 Å². The second kappa shape index (κ2) is 11.2. The lowest BCUT2D eigenvalue weighted by atomic mass is 10.1. The van der Waals surface area contributed by atoms with Crippen molar-refractivity contribution in [2.75, 3.05) is 6.54 Å². The number of hydrogen-bond acceptors (Lipinski definition) is 5. The number of pyridine rings is 1. The molecular weight excluding hydrogens is 434 g/mol. The van der Waals surface area contributed by atoms with Crippen LogP contribution in [-0.4, -0.2) is 36.1 Å². The molecule has 1 aliphatic rings. The van der Waals surface area contributed by atoms with Gasteiger partial charge < -0.3 is 9.88 Å². The number of fused-ring (bicyclic) bond motifs is 1. The van der Waals surface area contributed by atoms with Gasteiger partial charge in [-0.15, -0.1) is 22.6 Å². The summed E-state index contributed by atoms with van der Waals surface area (Å²) >= 11 is 0. The molecule has 1 aliphatic heterocycles. The summed E-state index contributed by atoms with van der Waals surface area (Å²) in [5.74, 6) is 2.25. The Morgan fingerprint density at radius 2 is 1.88 bits per heavy atom. The average molecular weight is 464 g/mol. The van der Waals surface area contributed by atoms with E-state index >= 15 is 0 Å². The van der Waals surface area contributed by atoms with Gasteiger partial charge in [-0.25, -0.2) is 0 Å². The minimum atomic E-state index is 0. The fourth-order valence-corrected chi connectivity index (χ4v) is 4.34. The molecule has 0 fully saturated rings. The molecule has 0 spiro atoms. The van der Waals surface area contributed by atoms with Gasteiger partial charge in [-0.3, -0.25) is 9.67 Å². The molecule has 0 bridgehead atoms. The Hall–Kier alpha value is -3.03. The minimum absolute atomic E-state index is 0. The Balaban J connectivity index is 0.00000259. The number of benzene rings is 1. The van der Waals surface area contributed by atoms with Gasteiger partial charge in [0, 0.05) is 62.2 Å². The molecule has 0 saturated heterocycles. The van der Waals surface area contributed by atoms with Crippen LogP contribution >= 0.6 is 12.4 Å². The highest BCUT2D eigenvalue weighted by Gasteiger charge is 2.15. The standard InChI is InChI=1S/C25H29N7.ClH/c1-3-8-20(9-4-1)18-31-19-22(25(30-31)21-10-7-13-26-16-21)17-27-14-12-24-29-28-23-11-5-2-6-15-32(23)24;/h1,3-4,7-10,13,16,19,27H,2,5-6,11-12,14-15,17-18H2;1H. The summed E-state index contributed by atoms with van der Waals surface area (Å²) in [6, 6.07) is 14.5. The highest BCUT2D eigenvalue weighted by Crippen LogP contribution is 2.22. The van der Waals surface area contributed by atoms with Crippen molar-refractivity contribution < 1.29 is 0 Å². The first kappa shape index (κ1) is 23.1. The van der Waals surface area contributed by atoms with Gasteiger partial charge in [0.1, 0.15) is 11.6 Å². The van der Waals surface area contributed by atoms with E-state index in [9.17, 15) is 0 Å². The summed E-state index contributed by atoms with van der Waals surface area (Å²) in [7, 11) is 0. The fraction of sp³-hybridized carbons (Fsp3) is 0.360. The van der Waals surface area contributed by atoms with Gasteiger partial charge in [0.15, 0.2) is 0 Å². The van der Waals surface area contributed by atoms with Gasteiger partial charge in [0.2, 0.25) is 0 Å². The van der Waals surface area contributed by atoms with Crippen LogP contribution in [-0.2, 0) is 32.5 Å². The molecule has 0 amide bonds. The van der Waals surface area contributed by atoms with E-state index in [1.807, 2.05) is 23.0 Å². The van der Waals surface area contributed by atoms with Crippen LogP contribution in [0.5, 0.6) is 0 Å². The first-order valence-electron chi connectivity index (χ1n) is 11.5. The lowest BCUT2D eigenvalue weighted by molar-refractivity contribution is 0.587. The van der Waals surface area contributed by atoms with E-state index in [0.29, 0.717) is 0 Å². The molecular formula is C25H30ClN7. The van der Waals surface area contributed by atoms with E-state index in [2.05, 4.69) is 61.6 Å². The fourth-order valence-electron chi connectivity index (χ4n) is 4.34. The SMILES string of the molecule is Cl.c1ccc(Cn2cc(CNCCc3nnc4n3CCCCC4)c(-c3cccnc3)n2)cc1. The Morgan fingerprint density at radius 1 is 0.970 bits per heavy atom. The first-order valence-corrected chi connectivity index (χ1v) is 11.5. The predicted octanol–water partition coefficient (Wildman–Crippen LogP) is 4.07. The quantitative estimate of drug-likeness (QED) is 0.399. The normalized spacial score (nSPS) is 13.2. The largest absolute Gasteiger partial charge is 0.315 e. The average Bonchev–Trinajstić information content (AvgIpc) is 3.33. The van der Waals surface area contributed by atoms with Crippen molar-refractivity contribution in [1.29, 1.82) is 0 Å². The Morgan fingerprint density at radius 3 is 2.73 bits per heavy atom. The van der Waals surface area contributed by atoms with Crippen molar-refractivity contribution >= 4 is 12.4 Å². The maximum absolute atomic E-state index is 4.88. The molecule has 5 rings (SSSR count). The highest BCUT2D eigenvalue weighted by molar-refractivity contribution is 5.85. The number of halogens is 1. The van der Waals surface area contributed by atoms with Crippen molar-refractivity contribution in [3.63, 3.8) is 0 Å². The molecule has 4 heterocycles. The molecule has 172 valence electrons. The van der Waals surface area contributed by atoms with Gasteiger partial charge in [-0.1, -0.05) is 36.8 Å². The van der Waals surface area contributed by atoms with Gasteiger partial charge >= 0.3 is 0 Å². The van der Waals surface area contributed by atoms with E-state index in [-0.39, 0.29) is 12.4 Å². The van der Waals surface area contributed by atoms with E-state index in [1.54, 1.807) is 6.20 Å². The zero-order valence-electron chi connectivity index (χ0n) is 18.7. The van der Waals surface area contributed by atoms with Crippen LogP contribution in [0.15, 0.2) is 61.1 Å². The van der Waals surface area contributed by atoms with Gasteiger partial charge in [-0.05, 0) is 30.5 Å². The maximum Gasteiger partial charge on any atom is 0.134 e. The Kier molecular flexibility index (Phi) is 7.86. The maximum atomic E-state index is 4.88. The van der Waals surface area contributed by atoms with Crippen molar-refractivity contribution in [3.8, 4) is 11.3 Å². The zero-order valence-corrected chi connectivity index (χ0v) is 19.5. The summed E-state index contributed by atoms with van der Waals surface area (Å²) in [6.45, 7) is 3.41. The minimum Gasteiger partial charge on any atom is -0.315 e. The number of nitrogens with one attached hydrogen (secondary N) is 1. The Bertz CT molecular complexity index is 1140. The predicted molar refractivity (Wildman–Crippen MR) is 131 cm³/mol. The highest BCUT2D eigenvalue weighted by atomic mass is 35.5. The molecule has 0 unspecified atom stereocenters. The number of aromatic nitrogens is 6. The van der Waals surface area contributed by atoms with E-state index in [0.717, 1.165) is 61.9 Å². The molecule has 8 heteroatoms. The topological polar surface area (TPSA) is 73.5 Å². The number of aryl methyl sites for hydroxylation is 1. The number of hydrogen-bond donors (Lipinski definition) is 1. The van der Waals surface area contributed by atoms with Crippen molar-refractivity contribution in [2.45, 2.75) is 51.7 Å². The molecule has 0 atom stereocenters. The molecule has 0 aliphatic carbocycles. The third-order valence-electron chi connectivity index (χ3n) is 5.99. The first-order chi connectivity index (χ1) is 15.9. The molecule has 33 heavy (non-hydrogen) atoms. The summed E-state index contributed by atoms with van der Waals surface area (Å²) in [6.07, 6.45) is 11.5. The van der Waals surface area contributed by atoms with Crippen LogP contribution in [0.25, 0.3) is 11.3 Å². The summed E-state index contributed by atoms with van der Waals surface area (Å²) in [5.41, 5.74) is 4.44. The van der Waals surface area contributed by atoms with Crippen LogP contribution in [0.1, 0.15) is 42.0 Å². The number of nitrogens with zero attached hydrogens (tertiary/aromatic N) is 6. The summed E-state index contributed by atoms with van der Waals surface area (Å²) in [5, 5.41) is 17.3. The third kappa shape index (κ3) is 5.67. The molecule has 4 aromatic rings. The molecule has 1 N–H and O–H groups in total. The summed E-state index contributed by atoms with van der Waals surface area (Å²) < 4.78 is 4.35. The van der Waals surface area contributed by atoms with Crippen molar-refractivity contribution in [3.05, 3.63) is 83.8 Å². The molecule has 0 saturated carbocycles. The van der Waals surface area contributed by atoms with Crippen LogP contribution in [0.3, 0.4) is 0 Å². The van der Waals surface area contributed by atoms with Crippen molar-refractivity contribution in [2.24, 2.45) is 0 Å². The second-order valence-electron chi connectivity index (χ2n) is 8.35. The van der Waals surface area contributed by atoms with Gasteiger partial charge in [0.05, 0.1) is 12.2 Å². The van der Waals surface area contributed by atoms with Crippen molar-refractivity contribution in [1.82, 2.24) is 34.8 Å². The lowest BCUT2D eigenvalue weighted by Gasteiger charge is -2.08. The van der Waals surface area contributed by atoms with Crippen LogP contribution in [0, 0.1) is 0 Å². The Labute approximate surface area is 200 Å². The van der Waals surface area contributed by atoms with Crippen LogP contribution in [0.2, 0.25) is 0 Å². The monoisotopic (exact) mass is 463 g/mol. The molecule has 7 nitrogen and oxygen atoms in total. The van der Waals surface area contributed by atoms with Crippen LogP contribution in [0.4, 0.5) is 0 Å². The van der Waals surface area contributed by atoms with Gasteiger partial charge in [0.25, 0.3) is 0 Å².